The van der Waals surface area contributed by atoms with Gasteiger partial charge in [-0.3, -0.25) is 4.99 Å². The van der Waals surface area contributed by atoms with E-state index in [-0.39, 0.29) is 35.9 Å². The highest BCUT2D eigenvalue weighted by Crippen LogP contribution is 2.34. The standard InChI is InChI=1S/C19H31FN4O.HI/c1-5-16(25-17-8-6-7-15(20)11-17)12-22-19(21-2)23-13-18(24(3)4)14-9-10-14;/h6-8,11,14,16,18H,5,9-10,12-13H2,1-4H3,(H2,21,22,23);1H. The fraction of sp³-hybridized carbons (Fsp3) is 0.632. The molecular weight excluding hydrogens is 446 g/mol. The van der Waals surface area contributed by atoms with Gasteiger partial charge in [0, 0.05) is 25.7 Å². The Morgan fingerprint density at radius 3 is 2.54 bits per heavy atom. The van der Waals surface area contributed by atoms with Gasteiger partial charge in [0.05, 0.1) is 6.54 Å². The summed E-state index contributed by atoms with van der Waals surface area (Å²) in [5, 5.41) is 6.72. The van der Waals surface area contributed by atoms with E-state index >= 15 is 0 Å². The van der Waals surface area contributed by atoms with Gasteiger partial charge in [0.25, 0.3) is 0 Å². The molecule has 2 N–H and O–H groups in total. The molecule has 1 aromatic rings. The Balaban J connectivity index is 0.00000338. The highest BCUT2D eigenvalue weighted by atomic mass is 127. The summed E-state index contributed by atoms with van der Waals surface area (Å²) in [5.41, 5.74) is 0. The maximum Gasteiger partial charge on any atom is 0.191 e. The Kier molecular flexibility index (Phi) is 10.2. The van der Waals surface area contributed by atoms with Gasteiger partial charge in [0.15, 0.2) is 5.96 Å². The first-order chi connectivity index (χ1) is 12.0. The zero-order valence-electron chi connectivity index (χ0n) is 16.2. The van der Waals surface area contributed by atoms with Gasteiger partial charge in [-0.25, -0.2) is 4.39 Å². The van der Waals surface area contributed by atoms with E-state index in [2.05, 4.69) is 41.5 Å². The Labute approximate surface area is 173 Å². The largest absolute Gasteiger partial charge is 0.489 e. The van der Waals surface area contributed by atoms with Crippen LogP contribution in [0.1, 0.15) is 26.2 Å². The molecule has 7 heteroatoms. The molecular formula is C19H32FIN4O. The molecule has 0 saturated heterocycles. The molecule has 1 aliphatic rings. The molecule has 1 saturated carbocycles. The average Bonchev–Trinajstić information content (AvgIpc) is 3.41. The minimum absolute atomic E-state index is 0. The van der Waals surface area contributed by atoms with Crippen LogP contribution < -0.4 is 15.4 Å². The molecule has 2 atom stereocenters. The van der Waals surface area contributed by atoms with Crippen LogP contribution in [0.25, 0.3) is 0 Å². The second-order valence-corrected chi connectivity index (χ2v) is 6.81. The first-order valence-electron chi connectivity index (χ1n) is 9.06. The molecule has 1 aliphatic carbocycles. The number of aliphatic imine (C=N–C) groups is 1. The molecule has 0 aromatic heterocycles. The first-order valence-corrected chi connectivity index (χ1v) is 9.06. The van der Waals surface area contributed by atoms with Crippen molar-refractivity contribution in [1.29, 1.82) is 0 Å². The Morgan fingerprint density at radius 1 is 1.31 bits per heavy atom. The van der Waals surface area contributed by atoms with Gasteiger partial charge in [-0.1, -0.05) is 13.0 Å². The number of halogens is 2. The highest BCUT2D eigenvalue weighted by Gasteiger charge is 2.32. The zero-order chi connectivity index (χ0) is 18.2. The monoisotopic (exact) mass is 478 g/mol. The minimum atomic E-state index is -0.285. The third-order valence-electron chi connectivity index (χ3n) is 4.58. The fourth-order valence-corrected chi connectivity index (χ4v) is 2.89. The van der Waals surface area contributed by atoms with E-state index in [1.165, 1.54) is 25.0 Å². The molecule has 5 nitrogen and oxygen atoms in total. The van der Waals surface area contributed by atoms with Crippen LogP contribution in [0.5, 0.6) is 5.75 Å². The normalized spacial score (nSPS) is 16.6. The van der Waals surface area contributed by atoms with Crippen molar-refractivity contribution in [3.8, 4) is 5.75 Å². The first kappa shape index (κ1) is 23.0. The van der Waals surface area contributed by atoms with Crippen molar-refractivity contribution in [3.63, 3.8) is 0 Å². The van der Waals surface area contributed by atoms with Crippen molar-refractivity contribution < 1.29 is 9.13 Å². The third-order valence-corrected chi connectivity index (χ3v) is 4.58. The van der Waals surface area contributed by atoms with Crippen molar-refractivity contribution in [2.24, 2.45) is 10.9 Å². The zero-order valence-corrected chi connectivity index (χ0v) is 18.5. The summed E-state index contributed by atoms with van der Waals surface area (Å²) >= 11 is 0. The van der Waals surface area contributed by atoms with Crippen molar-refractivity contribution in [1.82, 2.24) is 15.5 Å². The minimum Gasteiger partial charge on any atom is -0.489 e. The Morgan fingerprint density at radius 2 is 2.00 bits per heavy atom. The highest BCUT2D eigenvalue weighted by molar-refractivity contribution is 14.0. The smallest absolute Gasteiger partial charge is 0.191 e. The summed E-state index contributed by atoms with van der Waals surface area (Å²) in [4.78, 5) is 6.56. The summed E-state index contributed by atoms with van der Waals surface area (Å²) in [6.45, 7) is 3.54. The summed E-state index contributed by atoms with van der Waals surface area (Å²) in [6.07, 6.45) is 3.41. The second kappa shape index (κ2) is 11.6. The molecule has 2 unspecified atom stereocenters. The van der Waals surface area contributed by atoms with Crippen LogP contribution in [0.3, 0.4) is 0 Å². The van der Waals surface area contributed by atoms with E-state index in [1.54, 1.807) is 19.2 Å². The van der Waals surface area contributed by atoms with Crippen LogP contribution in [-0.4, -0.2) is 57.2 Å². The number of nitrogens with one attached hydrogen (secondary N) is 2. The fourth-order valence-electron chi connectivity index (χ4n) is 2.89. The van der Waals surface area contributed by atoms with Crippen molar-refractivity contribution in [3.05, 3.63) is 30.1 Å². The van der Waals surface area contributed by atoms with Crippen LogP contribution in [0.4, 0.5) is 4.39 Å². The van der Waals surface area contributed by atoms with Gasteiger partial charge >= 0.3 is 0 Å². The molecule has 0 spiro atoms. The van der Waals surface area contributed by atoms with Crippen LogP contribution in [0.15, 0.2) is 29.3 Å². The lowest BCUT2D eigenvalue weighted by atomic mass is 10.1. The average molecular weight is 478 g/mol. The molecule has 1 fully saturated rings. The summed E-state index contributed by atoms with van der Waals surface area (Å²) < 4.78 is 19.1. The van der Waals surface area contributed by atoms with E-state index in [1.807, 2.05) is 0 Å². The summed E-state index contributed by atoms with van der Waals surface area (Å²) in [6, 6.07) is 6.79. The van der Waals surface area contributed by atoms with Gasteiger partial charge < -0.3 is 20.3 Å². The molecule has 2 rings (SSSR count). The molecule has 0 amide bonds. The number of guanidine groups is 1. The molecule has 26 heavy (non-hydrogen) atoms. The van der Waals surface area contributed by atoms with Crippen molar-refractivity contribution in [2.75, 3.05) is 34.2 Å². The summed E-state index contributed by atoms with van der Waals surface area (Å²) in [7, 11) is 6.02. The van der Waals surface area contributed by atoms with Gasteiger partial charge in [0.2, 0.25) is 0 Å². The molecule has 0 radical (unpaired) electrons. The quantitative estimate of drug-likeness (QED) is 0.326. The predicted octanol–water partition coefficient (Wildman–Crippen LogP) is 3.11. The van der Waals surface area contributed by atoms with Crippen LogP contribution >= 0.6 is 24.0 Å². The second-order valence-electron chi connectivity index (χ2n) is 6.81. The molecule has 0 heterocycles. The number of nitrogens with zero attached hydrogens (tertiary/aromatic N) is 2. The van der Waals surface area contributed by atoms with Gasteiger partial charge in [-0.05, 0) is 51.4 Å². The number of hydrogen-bond acceptors (Lipinski definition) is 3. The van der Waals surface area contributed by atoms with Crippen molar-refractivity contribution in [2.45, 2.75) is 38.3 Å². The van der Waals surface area contributed by atoms with E-state index in [0.29, 0.717) is 18.3 Å². The maximum absolute atomic E-state index is 13.3. The van der Waals surface area contributed by atoms with Gasteiger partial charge in [0.1, 0.15) is 17.7 Å². The molecule has 0 aliphatic heterocycles. The Bertz CT molecular complexity index is 564. The van der Waals surface area contributed by atoms with E-state index in [4.69, 9.17) is 4.74 Å². The lowest BCUT2D eigenvalue weighted by molar-refractivity contribution is 0.198. The number of benzene rings is 1. The predicted molar refractivity (Wildman–Crippen MR) is 116 cm³/mol. The van der Waals surface area contributed by atoms with Gasteiger partial charge in [-0.2, -0.15) is 0 Å². The topological polar surface area (TPSA) is 48.9 Å². The summed E-state index contributed by atoms with van der Waals surface area (Å²) in [5.74, 6) is 1.83. The SMILES string of the molecule is CCC(CNC(=NC)NCC(C1CC1)N(C)C)Oc1cccc(F)c1.I. The number of hydrogen-bond donors (Lipinski definition) is 2. The molecule has 148 valence electrons. The lowest BCUT2D eigenvalue weighted by Gasteiger charge is -2.26. The van der Waals surface area contributed by atoms with Crippen LogP contribution in [-0.2, 0) is 0 Å². The van der Waals surface area contributed by atoms with E-state index < -0.39 is 0 Å². The lowest BCUT2D eigenvalue weighted by Crippen LogP contribution is -2.47. The van der Waals surface area contributed by atoms with Crippen LogP contribution in [0.2, 0.25) is 0 Å². The van der Waals surface area contributed by atoms with Crippen molar-refractivity contribution >= 4 is 29.9 Å². The van der Waals surface area contributed by atoms with E-state index in [0.717, 1.165) is 24.8 Å². The maximum atomic E-state index is 13.3. The molecule has 0 bridgehead atoms. The van der Waals surface area contributed by atoms with Crippen LogP contribution in [0, 0.1) is 11.7 Å². The molecule has 1 aromatic carbocycles. The number of rotatable bonds is 9. The third kappa shape index (κ3) is 7.65. The van der Waals surface area contributed by atoms with E-state index in [9.17, 15) is 4.39 Å². The van der Waals surface area contributed by atoms with Gasteiger partial charge in [-0.15, -0.1) is 24.0 Å². The Hall–Kier alpha value is -1.09. The number of likely N-dealkylation sites (N-methyl/N-ethyl adjacent to an activating group) is 1. The number of ether oxygens (including phenoxy) is 1.